The van der Waals surface area contributed by atoms with E-state index in [1.807, 2.05) is 115 Å². The summed E-state index contributed by atoms with van der Waals surface area (Å²) >= 11 is 0. The summed E-state index contributed by atoms with van der Waals surface area (Å²) in [4.78, 5) is 0. The van der Waals surface area contributed by atoms with Gasteiger partial charge in [0.1, 0.15) is 11.2 Å². The highest BCUT2D eigenvalue weighted by atomic mass is 16.3. The fourth-order valence-corrected chi connectivity index (χ4v) is 7.83. The highest BCUT2D eigenvalue weighted by molar-refractivity contribution is 6.23. The molecule has 10 aromatic carbocycles. The van der Waals surface area contributed by atoms with Crippen molar-refractivity contribution in [2.24, 2.45) is 0 Å². The van der Waals surface area contributed by atoms with Crippen molar-refractivity contribution in [2.75, 3.05) is 0 Å². The van der Waals surface area contributed by atoms with E-state index in [2.05, 4.69) is 0 Å². The molecule has 0 unspecified atom stereocenters. The lowest BCUT2D eigenvalue weighted by molar-refractivity contribution is 0.670. The summed E-state index contributed by atoms with van der Waals surface area (Å²) in [6.45, 7) is 0. The van der Waals surface area contributed by atoms with Crippen molar-refractivity contribution < 1.29 is 20.9 Å². The molecule has 53 heavy (non-hydrogen) atoms. The minimum Gasteiger partial charge on any atom is -0.455 e. The molecule has 0 bridgehead atoms. The standard InChI is InChI=1S/C52H32O/c1-2-14-35(15-3-1)50-44-29-27-38(42-21-11-22-46-43-19-8-9-23-49(43)53-52(42)46)32-48(44)51(39-25-24-33-12-4-5-16-36(33)30-39)45-28-26-37(31-47(45)50)41-20-10-17-34-13-6-7-18-40(34)41/h1-32H/i1D,2D,3D,4D,5D,12D,14D,15D,16D,24D,25D,30D. The van der Waals surface area contributed by atoms with Crippen LogP contribution in [0.3, 0.4) is 0 Å². The Morgan fingerprint density at radius 2 is 0.981 bits per heavy atom. The summed E-state index contributed by atoms with van der Waals surface area (Å²) in [7, 11) is 0. The van der Waals surface area contributed by atoms with E-state index in [9.17, 15) is 6.85 Å². The zero-order valence-corrected chi connectivity index (χ0v) is 28.0. The molecule has 0 aliphatic rings. The molecule has 0 fully saturated rings. The normalized spacial score (nSPS) is 14.9. The van der Waals surface area contributed by atoms with Crippen molar-refractivity contribution in [3.05, 3.63) is 194 Å². The van der Waals surface area contributed by atoms with Crippen molar-refractivity contribution in [1.82, 2.24) is 0 Å². The van der Waals surface area contributed by atoms with Crippen LogP contribution >= 0.6 is 0 Å². The Morgan fingerprint density at radius 3 is 1.81 bits per heavy atom. The average molecular weight is 685 g/mol. The molecular formula is C52H32O. The van der Waals surface area contributed by atoms with Crippen molar-refractivity contribution in [3.63, 3.8) is 0 Å². The fraction of sp³-hybridized carbons (Fsp3) is 0. The van der Waals surface area contributed by atoms with Gasteiger partial charge < -0.3 is 4.42 Å². The summed E-state index contributed by atoms with van der Waals surface area (Å²) in [5, 5.41) is 4.97. The van der Waals surface area contributed by atoms with E-state index in [0.29, 0.717) is 55.0 Å². The van der Waals surface area contributed by atoms with E-state index in [0.717, 1.165) is 32.7 Å². The van der Waals surface area contributed by atoms with Gasteiger partial charge in [-0.2, -0.15) is 0 Å². The molecule has 0 saturated heterocycles. The molecule has 0 aliphatic carbocycles. The number of hydrogen-bond acceptors (Lipinski definition) is 1. The predicted octanol–water partition coefficient (Wildman–Crippen LogP) is 14.9. The van der Waals surface area contributed by atoms with Gasteiger partial charge in [-0.25, -0.2) is 0 Å². The fourth-order valence-electron chi connectivity index (χ4n) is 7.83. The quantitative estimate of drug-likeness (QED) is 0.168. The van der Waals surface area contributed by atoms with Crippen LogP contribution in [0.15, 0.2) is 198 Å². The van der Waals surface area contributed by atoms with Gasteiger partial charge in [0.15, 0.2) is 0 Å². The maximum absolute atomic E-state index is 9.79. The zero-order chi connectivity index (χ0) is 45.3. The van der Waals surface area contributed by atoms with Gasteiger partial charge in [-0.1, -0.05) is 170 Å². The molecule has 11 rings (SSSR count). The number of hydrogen-bond donors (Lipinski definition) is 0. The summed E-state index contributed by atoms with van der Waals surface area (Å²) in [5.41, 5.74) is 4.79. The van der Waals surface area contributed by atoms with Gasteiger partial charge in [0.25, 0.3) is 0 Å². The maximum Gasteiger partial charge on any atom is 0.143 e. The van der Waals surface area contributed by atoms with E-state index >= 15 is 0 Å². The Kier molecular flexibility index (Phi) is 4.49. The first kappa shape index (κ1) is 20.2. The van der Waals surface area contributed by atoms with Gasteiger partial charge in [0, 0.05) is 16.3 Å². The van der Waals surface area contributed by atoms with Crippen LogP contribution in [0.1, 0.15) is 16.4 Å². The van der Waals surface area contributed by atoms with Crippen LogP contribution in [0.25, 0.3) is 110 Å². The van der Waals surface area contributed by atoms with Crippen LogP contribution in [-0.2, 0) is 0 Å². The summed E-state index contributed by atoms with van der Waals surface area (Å²) in [5.74, 6) is 0. The van der Waals surface area contributed by atoms with Crippen LogP contribution in [0, 0.1) is 0 Å². The van der Waals surface area contributed by atoms with Gasteiger partial charge in [-0.05, 0) is 106 Å². The van der Waals surface area contributed by atoms with E-state index < -0.39 is 66.5 Å². The Bertz CT molecular complexity index is 3900. The Labute approximate surface area is 323 Å². The van der Waals surface area contributed by atoms with Crippen molar-refractivity contribution in [2.45, 2.75) is 0 Å². The monoisotopic (exact) mass is 684 g/mol. The summed E-state index contributed by atoms with van der Waals surface area (Å²) in [6.07, 6.45) is 0. The van der Waals surface area contributed by atoms with Crippen molar-refractivity contribution in [3.8, 4) is 44.5 Å². The molecule has 0 amide bonds. The second-order valence-electron chi connectivity index (χ2n) is 13.1. The maximum atomic E-state index is 9.79. The van der Waals surface area contributed by atoms with Crippen LogP contribution in [0.2, 0.25) is 0 Å². The second kappa shape index (κ2) is 11.8. The number of fused-ring (bicyclic) bond motifs is 7. The molecule has 1 heteroatoms. The first-order chi connectivity index (χ1) is 31.3. The number of benzene rings is 10. The molecule has 0 N–H and O–H groups in total. The number of para-hydroxylation sites is 2. The molecule has 11 aromatic rings. The van der Waals surface area contributed by atoms with E-state index in [4.69, 9.17) is 14.0 Å². The zero-order valence-electron chi connectivity index (χ0n) is 40.0. The third kappa shape index (κ3) is 4.71. The van der Waals surface area contributed by atoms with Crippen molar-refractivity contribution >= 4 is 65.0 Å². The molecule has 1 aromatic heterocycles. The average Bonchev–Trinajstić information content (AvgIpc) is 3.71. The first-order valence-corrected chi connectivity index (χ1v) is 17.3. The molecule has 0 radical (unpaired) electrons. The van der Waals surface area contributed by atoms with Crippen LogP contribution in [0.5, 0.6) is 0 Å². The molecular weight excluding hydrogens is 641 g/mol. The smallest absolute Gasteiger partial charge is 0.143 e. The van der Waals surface area contributed by atoms with Gasteiger partial charge in [-0.3, -0.25) is 0 Å². The minimum absolute atomic E-state index is 0.0502. The molecule has 0 saturated carbocycles. The van der Waals surface area contributed by atoms with Crippen LogP contribution in [-0.4, -0.2) is 0 Å². The van der Waals surface area contributed by atoms with Crippen LogP contribution in [0.4, 0.5) is 0 Å². The Hall–Kier alpha value is -6.96. The number of furan rings is 1. The topological polar surface area (TPSA) is 13.1 Å². The minimum atomic E-state index is -0.578. The molecule has 1 heterocycles. The highest BCUT2D eigenvalue weighted by Crippen LogP contribution is 2.47. The second-order valence-corrected chi connectivity index (χ2v) is 13.1. The molecule has 0 spiro atoms. The van der Waals surface area contributed by atoms with Gasteiger partial charge in [0.05, 0.1) is 16.4 Å². The molecule has 1 nitrogen and oxygen atoms in total. The Balaban J connectivity index is 1.37. The van der Waals surface area contributed by atoms with Crippen molar-refractivity contribution in [1.29, 1.82) is 0 Å². The van der Waals surface area contributed by atoms with E-state index in [1.165, 1.54) is 0 Å². The first-order valence-electron chi connectivity index (χ1n) is 23.3. The van der Waals surface area contributed by atoms with E-state index in [-0.39, 0.29) is 27.9 Å². The van der Waals surface area contributed by atoms with Gasteiger partial charge in [0.2, 0.25) is 0 Å². The molecule has 246 valence electrons. The largest absolute Gasteiger partial charge is 0.455 e. The SMILES string of the molecule is [2H]c1c([2H])c([2H])c(-c2c3cc(-c4cccc5ccccc45)ccc3c(-c3c([2H])c([2H])c4c([2H])c([2H])c([2H])c([2H])c4c3[2H])c3cc(-c4cccc5c4oc4ccccc45)ccc23)c([2H])c1[2H]. The lowest BCUT2D eigenvalue weighted by atomic mass is 9.83. The van der Waals surface area contributed by atoms with Crippen LogP contribution < -0.4 is 0 Å². The summed E-state index contributed by atoms with van der Waals surface area (Å²) < 4.78 is 115. The highest BCUT2D eigenvalue weighted by Gasteiger charge is 2.20. The van der Waals surface area contributed by atoms with Gasteiger partial charge in [-0.15, -0.1) is 0 Å². The van der Waals surface area contributed by atoms with Gasteiger partial charge >= 0.3 is 0 Å². The van der Waals surface area contributed by atoms with E-state index in [1.54, 1.807) is 6.07 Å². The number of rotatable bonds is 4. The lowest BCUT2D eigenvalue weighted by Crippen LogP contribution is -1.93. The predicted molar refractivity (Wildman–Crippen MR) is 225 cm³/mol. The third-order valence-corrected chi connectivity index (χ3v) is 10.2. The third-order valence-electron chi connectivity index (χ3n) is 10.2. The summed E-state index contributed by atoms with van der Waals surface area (Å²) in [6, 6.07) is 32.6. The Morgan fingerprint density at radius 1 is 0.358 bits per heavy atom. The lowest BCUT2D eigenvalue weighted by Gasteiger charge is -2.20. The molecule has 0 atom stereocenters. The molecule has 0 aliphatic heterocycles.